The van der Waals surface area contributed by atoms with Crippen molar-refractivity contribution in [2.24, 2.45) is 5.92 Å². The normalized spacial score (nSPS) is 14.2. The van der Waals surface area contributed by atoms with Gasteiger partial charge in [0, 0.05) is 13.2 Å². The molecule has 0 aliphatic rings. The van der Waals surface area contributed by atoms with Crippen LogP contribution in [0.1, 0.15) is 60.3 Å². The quantitative estimate of drug-likeness (QED) is 0.334. The van der Waals surface area contributed by atoms with Crippen molar-refractivity contribution in [2.75, 3.05) is 7.11 Å². The minimum Gasteiger partial charge on any atom is -0.460 e. The molecule has 1 unspecified atom stereocenters. The fraction of sp³-hybridized carbons (Fsp3) is 0.722. The first-order valence-electron chi connectivity index (χ1n) is 7.86. The Morgan fingerprint density at radius 3 is 2.43 bits per heavy atom. The molecule has 0 spiro atoms. The van der Waals surface area contributed by atoms with Crippen molar-refractivity contribution in [3.8, 4) is 0 Å². The fourth-order valence-corrected chi connectivity index (χ4v) is 1.89. The van der Waals surface area contributed by atoms with Gasteiger partial charge in [-0.1, -0.05) is 38.0 Å². The molecule has 0 rings (SSSR count). The molecule has 122 valence electrons. The molecule has 0 heterocycles. The molecule has 0 amide bonds. The Kier molecular flexibility index (Phi) is 10.1. The van der Waals surface area contributed by atoms with E-state index in [4.69, 9.17) is 9.47 Å². The summed E-state index contributed by atoms with van der Waals surface area (Å²) in [7, 11) is 1.77. The number of allylic oxidation sites excluding steroid dienone is 3. The second kappa shape index (κ2) is 10.6. The van der Waals surface area contributed by atoms with Gasteiger partial charge in [-0.25, -0.2) is 4.79 Å². The molecule has 0 saturated carbocycles. The van der Waals surface area contributed by atoms with Crippen LogP contribution in [0, 0.1) is 5.92 Å². The van der Waals surface area contributed by atoms with Gasteiger partial charge in [0.1, 0.15) is 0 Å². The third-order valence-electron chi connectivity index (χ3n) is 3.40. The summed E-state index contributed by atoms with van der Waals surface area (Å²) in [4.78, 5) is 11.3. The van der Waals surface area contributed by atoms with Gasteiger partial charge in [0.15, 0.2) is 0 Å². The summed E-state index contributed by atoms with van der Waals surface area (Å²) in [6.45, 7) is 10.2. The highest BCUT2D eigenvalue weighted by molar-refractivity contribution is 5.82. The van der Waals surface area contributed by atoms with Crippen LogP contribution in [0.2, 0.25) is 0 Å². The number of carbonyl (C=O) groups excluding carboxylic acids is 1. The summed E-state index contributed by atoms with van der Waals surface area (Å²) < 4.78 is 10.4. The van der Waals surface area contributed by atoms with E-state index in [1.165, 1.54) is 18.9 Å². The lowest BCUT2D eigenvalue weighted by Crippen LogP contribution is -2.22. The molecule has 0 aliphatic heterocycles. The number of methoxy groups -OCH3 is 1. The number of hydrogen-bond acceptors (Lipinski definition) is 3. The van der Waals surface area contributed by atoms with Crippen molar-refractivity contribution < 1.29 is 14.3 Å². The highest BCUT2D eigenvalue weighted by Gasteiger charge is 2.15. The largest absolute Gasteiger partial charge is 0.460 e. The molecule has 0 bridgehead atoms. The van der Waals surface area contributed by atoms with Crippen LogP contribution in [0.25, 0.3) is 0 Å². The monoisotopic (exact) mass is 296 g/mol. The number of esters is 1. The molecule has 3 heteroatoms. The van der Waals surface area contributed by atoms with Crippen molar-refractivity contribution in [3.05, 3.63) is 24.3 Å². The third-order valence-corrected chi connectivity index (χ3v) is 3.40. The van der Waals surface area contributed by atoms with Gasteiger partial charge in [-0.2, -0.15) is 0 Å². The van der Waals surface area contributed by atoms with E-state index < -0.39 is 0 Å². The summed E-state index contributed by atoms with van der Waals surface area (Å²) in [5.74, 6) is 0.356. The first-order chi connectivity index (χ1) is 9.76. The zero-order chi connectivity index (χ0) is 16.3. The maximum absolute atomic E-state index is 11.3. The molecular weight excluding hydrogens is 264 g/mol. The minimum atomic E-state index is -0.288. The van der Waals surface area contributed by atoms with Gasteiger partial charge in [-0.05, 0) is 46.5 Å². The minimum absolute atomic E-state index is 0.0188. The predicted molar refractivity (Wildman–Crippen MR) is 88.2 cm³/mol. The Morgan fingerprint density at radius 1 is 1.19 bits per heavy atom. The molecule has 0 aromatic carbocycles. The maximum atomic E-state index is 11.3. The van der Waals surface area contributed by atoms with Gasteiger partial charge < -0.3 is 9.47 Å². The van der Waals surface area contributed by atoms with E-state index >= 15 is 0 Å². The van der Waals surface area contributed by atoms with E-state index in [-0.39, 0.29) is 17.7 Å². The van der Waals surface area contributed by atoms with E-state index in [9.17, 15) is 4.79 Å². The fourth-order valence-electron chi connectivity index (χ4n) is 1.89. The standard InChI is InChI=1S/C18H32O3/c1-15(2)21-17(19)13-9-7-8-11-16(3)12-10-14-18(4,5)20-6/h7-9,13,15-16H,10-12,14H2,1-6H3/b8-7+,13-9+. The zero-order valence-corrected chi connectivity index (χ0v) is 14.5. The van der Waals surface area contributed by atoms with Crippen molar-refractivity contribution in [2.45, 2.75) is 72.0 Å². The van der Waals surface area contributed by atoms with Crippen LogP contribution in [0.5, 0.6) is 0 Å². The van der Waals surface area contributed by atoms with E-state index in [1.54, 1.807) is 13.2 Å². The van der Waals surface area contributed by atoms with Gasteiger partial charge in [0.2, 0.25) is 0 Å². The second-order valence-electron chi connectivity index (χ2n) is 6.47. The predicted octanol–water partition coefficient (Wildman–Crippen LogP) is 4.67. The molecular formula is C18H32O3. The SMILES string of the molecule is COC(C)(C)CCCC(C)C/C=C/C=C/C(=O)OC(C)C. The number of carbonyl (C=O) groups is 1. The highest BCUT2D eigenvalue weighted by atomic mass is 16.5. The van der Waals surface area contributed by atoms with Crippen LogP contribution in [0.15, 0.2) is 24.3 Å². The van der Waals surface area contributed by atoms with E-state index in [0.717, 1.165) is 12.8 Å². The average molecular weight is 296 g/mol. The van der Waals surface area contributed by atoms with Gasteiger partial charge in [-0.3, -0.25) is 0 Å². The van der Waals surface area contributed by atoms with Crippen LogP contribution in [0.3, 0.4) is 0 Å². The van der Waals surface area contributed by atoms with Crippen molar-refractivity contribution in [3.63, 3.8) is 0 Å². The summed E-state index contributed by atoms with van der Waals surface area (Å²) in [6.07, 6.45) is 11.6. The Hall–Kier alpha value is -1.09. The Balaban J connectivity index is 3.82. The van der Waals surface area contributed by atoms with Crippen LogP contribution in [0.4, 0.5) is 0 Å². The van der Waals surface area contributed by atoms with E-state index in [2.05, 4.69) is 26.8 Å². The lowest BCUT2D eigenvalue weighted by molar-refractivity contribution is -0.141. The molecule has 3 nitrogen and oxygen atoms in total. The summed E-state index contributed by atoms with van der Waals surface area (Å²) in [6, 6.07) is 0. The lowest BCUT2D eigenvalue weighted by Gasteiger charge is -2.23. The molecule has 0 aromatic rings. The first-order valence-corrected chi connectivity index (χ1v) is 7.86. The van der Waals surface area contributed by atoms with Crippen LogP contribution < -0.4 is 0 Å². The summed E-state index contributed by atoms with van der Waals surface area (Å²) in [5, 5.41) is 0. The first kappa shape index (κ1) is 19.9. The van der Waals surface area contributed by atoms with E-state index in [1.807, 2.05) is 19.9 Å². The molecule has 0 aliphatic carbocycles. The smallest absolute Gasteiger partial charge is 0.330 e. The van der Waals surface area contributed by atoms with Gasteiger partial charge in [0.25, 0.3) is 0 Å². The van der Waals surface area contributed by atoms with Gasteiger partial charge in [0.05, 0.1) is 11.7 Å². The van der Waals surface area contributed by atoms with Gasteiger partial charge in [-0.15, -0.1) is 0 Å². The Bertz CT molecular complexity index is 340. The number of ether oxygens (including phenoxy) is 2. The third kappa shape index (κ3) is 12.4. The molecule has 0 radical (unpaired) electrons. The Labute approximate surface area is 130 Å². The highest BCUT2D eigenvalue weighted by Crippen LogP contribution is 2.20. The van der Waals surface area contributed by atoms with Crippen molar-refractivity contribution in [1.29, 1.82) is 0 Å². The van der Waals surface area contributed by atoms with Crippen LogP contribution in [-0.4, -0.2) is 24.8 Å². The Morgan fingerprint density at radius 2 is 1.86 bits per heavy atom. The van der Waals surface area contributed by atoms with E-state index in [0.29, 0.717) is 5.92 Å². The number of rotatable bonds is 10. The topological polar surface area (TPSA) is 35.5 Å². The average Bonchev–Trinajstić information content (AvgIpc) is 2.37. The maximum Gasteiger partial charge on any atom is 0.330 e. The molecule has 1 atom stereocenters. The molecule has 21 heavy (non-hydrogen) atoms. The van der Waals surface area contributed by atoms with Gasteiger partial charge >= 0.3 is 5.97 Å². The molecule has 0 aromatic heterocycles. The van der Waals surface area contributed by atoms with Crippen molar-refractivity contribution in [1.82, 2.24) is 0 Å². The van der Waals surface area contributed by atoms with Crippen LogP contribution in [-0.2, 0) is 14.3 Å². The molecule has 0 fully saturated rings. The zero-order valence-electron chi connectivity index (χ0n) is 14.5. The molecule has 0 saturated heterocycles. The number of hydrogen-bond donors (Lipinski definition) is 0. The molecule has 0 N–H and O–H groups in total. The lowest BCUT2D eigenvalue weighted by atomic mass is 9.95. The van der Waals surface area contributed by atoms with Crippen LogP contribution >= 0.6 is 0 Å². The summed E-state index contributed by atoms with van der Waals surface area (Å²) >= 11 is 0. The summed E-state index contributed by atoms with van der Waals surface area (Å²) in [5.41, 5.74) is -0.0188. The second-order valence-corrected chi connectivity index (χ2v) is 6.47. The van der Waals surface area contributed by atoms with Crippen molar-refractivity contribution >= 4 is 5.97 Å².